The molecule has 60 heavy (non-hydrogen) atoms. The van der Waals surface area contributed by atoms with Crippen LogP contribution in [0.2, 0.25) is 0 Å². The van der Waals surface area contributed by atoms with Crippen LogP contribution in [0.3, 0.4) is 0 Å². The Bertz CT molecular complexity index is 1110. The summed E-state index contributed by atoms with van der Waals surface area (Å²) < 4.78 is 38.1. The first kappa shape index (κ1) is 54.7. The van der Waals surface area contributed by atoms with Gasteiger partial charge in [-0.3, -0.25) is 24.0 Å². The highest BCUT2D eigenvalue weighted by molar-refractivity contribution is 5.92. The van der Waals surface area contributed by atoms with E-state index >= 15 is 0 Å². The SMILES string of the molecule is CCCCCCCC(=O)OCCCCCOC(=O)CC(CC(=O)OCCCCCOC(=O)CCCCCCC)(OC(=O)CCN1CCNCC1)C(=O)OCCCCCOC. The Balaban J connectivity index is 2.82. The summed E-state index contributed by atoms with van der Waals surface area (Å²) in [4.78, 5) is 80.0. The van der Waals surface area contributed by atoms with E-state index in [-0.39, 0.29) is 51.4 Å². The second-order valence-electron chi connectivity index (χ2n) is 15.7. The lowest BCUT2D eigenvalue weighted by Crippen LogP contribution is -2.49. The number of carbonyl (C=O) groups is 6. The lowest BCUT2D eigenvalue weighted by molar-refractivity contribution is -0.191. The van der Waals surface area contributed by atoms with Gasteiger partial charge in [-0.2, -0.15) is 0 Å². The van der Waals surface area contributed by atoms with Crippen molar-refractivity contribution < 1.29 is 61.9 Å². The highest BCUT2D eigenvalue weighted by atomic mass is 16.6. The van der Waals surface area contributed by atoms with Crippen molar-refractivity contribution in [2.45, 2.75) is 174 Å². The number of nitrogens with one attached hydrogen (secondary N) is 1. The summed E-state index contributed by atoms with van der Waals surface area (Å²) in [6.45, 7) is 8.84. The molecule has 1 heterocycles. The molecule has 0 aliphatic carbocycles. The van der Waals surface area contributed by atoms with Gasteiger partial charge in [0.05, 0.1) is 52.3 Å². The fourth-order valence-corrected chi connectivity index (χ4v) is 6.56. The van der Waals surface area contributed by atoms with E-state index in [1.165, 1.54) is 0 Å². The summed E-state index contributed by atoms with van der Waals surface area (Å²) in [5.41, 5.74) is -2.29. The molecule has 0 saturated carbocycles. The van der Waals surface area contributed by atoms with E-state index in [1.54, 1.807) is 7.11 Å². The lowest BCUT2D eigenvalue weighted by atomic mass is 9.94. The van der Waals surface area contributed by atoms with E-state index in [0.717, 1.165) is 96.8 Å². The van der Waals surface area contributed by atoms with E-state index in [1.807, 2.05) is 0 Å². The van der Waals surface area contributed by atoms with Crippen LogP contribution >= 0.6 is 0 Å². The van der Waals surface area contributed by atoms with Crippen LogP contribution in [0.15, 0.2) is 0 Å². The van der Waals surface area contributed by atoms with Gasteiger partial charge in [0.25, 0.3) is 0 Å². The van der Waals surface area contributed by atoms with Gasteiger partial charge in [-0.15, -0.1) is 0 Å². The average molecular weight is 857 g/mol. The van der Waals surface area contributed by atoms with Gasteiger partial charge in [0.2, 0.25) is 5.60 Å². The first-order chi connectivity index (χ1) is 29.2. The molecule has 0 aromatic rings. The van der Waals surface area contributed by atoms with Crippen molar-refractivity contribution in [3.63, 3.8) is 0 Å². The Labute approximate surface area is 360 Å². The molecule has 0 radical (unpaired) electrons. The fraction of sp³-hybridized carbons (Fsp3) is 0.867. The molecule has 1 aliphatic heterocycles. The first-order valence-corrected chi connectivity index (χ1v) is 23.1. The zero-order chi connectivity index (χ0) is 43.9. The summed E-state index contributed by atoms with van der Waals surface area (Å²) in [5, 5.41) is 3.26. The van der Waals surface area contributed by atoms with Gasteiger partial charge in [0.15, 0.2) is 0 Å². The third-order valence-electron chi connectivity index (χ3n) is 10.2. The van der Waals surface area contributed by atoms with Crippen LogP contribution in [0.25, 0.3) is 0 Å². The summed E-state index contributed by atoms with van der Waals surface area (Å²) in [7, 11) is 1.60. The molecule has 0 unspecified atom stereocenters. The van der Waals surface area contributed by atoms with Gasteiger partial charge in [0, 0.05) is 59.3 Å². The number of esters is 6. The molecule has 0 aromatic heterocycles. The number of hydrogen-bond donors (Lipinski definition) is 1. The second kappa shape index (κ2) is 37.5. The Morgan fingerprint density at radius 2 is 0.867 bits per heavy atom. The first-order valence-electron chi connectivity index (χ1n) is 23.1. The van der Waals surface area contributed by atoms with Crippen molar-refractivity contribution >= 4 is 35.8 Å². The number of unbranched alkanes of at least 4 members (excludes halogenated alkanes) is 14. The van der Waals surface area contributed by atoms with Crippen molar-refractivity contribution in [3.8, 4) is 0 Å². The van der Waals surface area contributed by atoms with Gasteiger partial charge < -0.3 is 43.4 Å². The van der Waals surface area contributed by atoms with Crippen LogP contribution < -0.4 is 5.32 Å². The van der Waals surface area contributed by atoms with E-state index in [2.05, 4.69) is 24.1 Å². The largest absolute Gasteiger partial charge is 0.466 e. The molecule has 1 saturated heterocycles. The van der Waals surface area contributed by atoms with Crippen molar-refractivity contribution in [1.82, 2.24) is 10.2 Å². The zero-order valence-corrected chi connectivity index (χ0v) is 37.5. The minimum absolute atomic E-state index is 0.0143. The number of methoxy groups -OCH3 is 1. The highest BCUT2D eigenvalue weighted by Crippen LogP contribution is 2.27. The molecular weight excluding hydrogens is 776 g/mol. The van der Waals surface area contributed by atoms with Gasteiger partial charge in [-0.1, -0.05) is 65.2 Å². The van der Waals surface area contributed by atoms with Crippen LogP contribution in [0.1, 0.15) is 168 Å². The Hall–Kier alpha value is -3.30. The van der Waals surface area contributed by atoms with Crippen LogP contribution in [0, 0.1) is 0 Å². The third-order valence-corrected chi connectivity index (χ3v) is 10.2. The minimum atomic E-state index is -2.29. The summed E-state index contributed by atoms with van der Waals surface area (Å²) >= 11 is 0. The summed E-state index contributed by atoms with van der Waals surface area (Å²) in [5.74, 6) is -3.85. The Morgan fingerprint density at radius 3 is 1.32 bits per heavy atom. The van der Waals surface area contributed by atoms with Crippen LogP contribution in [-0.4, -0.2) is 126 Å². The van der Waals surface area contributed by atoms with E-state index in [4.69, 9.17) is 33.2 Å². The maximum atomic E-state index is 13.9. The monoisotopic (exact) mass is 857 g/mol. The average Bonchev–Trinajstić information content (AvgIpc) is 3.23. The number of ether oxygens (including phenoxy) is 7. The Kier molecular flexibility index (Phi) is 34.2. The molecule has 0 aromatic carbocycles. The van der Waals surface area contributed by atoms with Gasteiger partial charge in [0.1, 0.15) is 0 Å². The molecule has 1 aliphatic rings. The molecule has 1 N–H and O–H groups in total. The Morgan fingerprint density at radius 1 is 0.467 bits per heavy atom. The predicted molar refractivity (Wildman–Crippen MR) is 227 cm³/mol. The maximum Gasteiger partial charge on any atom is 0.351 e. The van der Waals surface area contributed by atoms with E-state index in [0.29, 0.717) is 77.4 Å². The number of rotatable bonds is 39. The molecule has 348 valence electrons. The molecule has 0 atom stereocenters. The summed E-state index contributed by atoms with van der Waals surface area (Å²) in [6.07, 6.45) is 15.2. The van der Waals surface area contributed by atoms with Crippen LogP contribution in [0.5, 0.6) is 0 Å². The van der Waals surface area contributed by atoms with Crippen molar-refractivity contribution in [2.24, 2.45) is 0 Å². The van der Waals surface area contributed by atoms with Gasteiger partial charge in [-0.05, 0) is 70.6 Å². The quantitative estimate of drug-likeness (QED) is 0.0381. The molecule has 1 rings (SSSR count). The molecule has 0 bridgehead atoms. The van der Waals surface area contributed by atoms with Gasteiger partial charge >= 0.3 is 35.8 Å². The normalized spacial score (nSPS) is 13.1. The molecule has 15 nitrogen and oxygen atoms in total. The number of hydrogen-bond acceptors (Lipinski definition) is 15. The maximum absolute atomic E-state index is 13.9. The highest BCUT2D eigenvalue weighted by Gasteiger charge is 2.49. The number of nitrogens with zero attached hydrogens (tertiary/aromatic N) is 1. The molecule has 1 fully saturated rings. The predicted octanol–water partition coefficient (Wildman–Crippen LogP) is 6.94. The van der Waals surface area contributed by atoms with Crippen molar-refractivity contribution in [3.05, 3.63) is 0 Å². The van der Waals surface area contributed by atoms with Crippen molar-refractivity contribution in [2.75, 3.05) is 79.5 Å². The second-order valence-corrected chi connectivity index (χ2v) is 15.7. The van der Waals surface area contributed by atoms with Gasteiger partial charge in [-0.25, -0.2) is 4.79 Å². The van der Waals surface area contributed by atoms with Crippen LogP contribution in [-0.2, 0) is 61.9 Å². The minimum Gasteiger partial charge on any atom is -0.466 e. The van der Waals surface area contributed by atoms with E-state index < -0.39 is 42.3 Å². The van der Waals surface area contributed by atoms with Crippen LogP contribution in [0.4, 0.5) is 0 Å². The van der Waals surface area contributed by atoms with Crippen molar-refractivity contribution in [1.29, 1.82) is 0 Å². The fourth-order valence-electron chi connectivity index (χ4n) is 6.56. The summed E-state index contributed by atoms with van der Waals surface area (Å²) in [6, 6.07) is 0. The smallest absolute Gasteiger partial charge is 0.351 e. The number of piperazine rings is 1. The third kappa shape index (κ3) is 29.8. The molecular formula is C45H80N2O13. The molecule has 15 heteroatoms. The zero-order valence-electron chi connectivity index (χ0n) is 37.5. The van der Waals surface area contributed by atoms with E-state index in [9.17, 15) is 28.8 Å². The lowest BCUT2D eigenvalue weighted by Gasteiger charge is -2.31. The topological polar surface area (TPSA) is 182 Å². The molecule has 0 amide bonds. The standard InChI is InChI=1S/C45H80N2O13/c1-4-6-8-10-15-23-39(48)55-32-18-13-20-34-57-42(51)37-45(44(53)59-36-22-12-17-31-54-3,60-41(50)25-28-47-29-26-46-27-30-47)38-43(52)58-35-21-14-19-33-56-40(49)24-16-11-9-7-5-2/h46H,4-38H2,1-3H3. The number of carbonyl (C=O) groups excluding carboxylic acids is 6. The molecule has 0 spiro atoms.